The first-order valence-electron chi connectivity index (χ1n) is 6.74. The van der Waals surface area contributed by atoms with E-state index in [4.69, 9.17) is 9.52 Å². The Labute approximate surface area is 130 Å². The third-order valence-electron chi connectivity index (χ3n) is 3.38. The molecule has 8 heteroatoms. The van der Waals surface area contributed by atoms with Crippen molar-refractivity contribution < 1.29 is 24.2 Å². The molecule has 0 fully saturated rings. The molecule has 0 radical (unpaired) electrons. The normalized spacial score (nSPS) is 10.8. The molecule has 3 rings (SSSR count). The number of carboxylic acid groups (broad SMARTS) is 2. The highest BCUT2D eigenvalue weighted by atomic mass is 16.4. The zero-order chi connectivity index (χ0) is 16.4. The van der Waals surface area contributed by atoms with Crippen molar-refractivity contribution in [1.29, 1.82) is 0 Å². The first kappa shape index (κ1) is 14.6. The fourth-order valence-corrected chi connectivity index (χ4v) is 2.32. The van der Waals surface area contributed by atoms with Crippen LogP contribution in [0.25, 0.3) is 0 Å². The number of furan rings is 1. The van der Waals surface area contributed by atoms with Gasteiger partial charge >= 0.3 is 11.9 Å². The van der Waals surface area contributed by atoms with Crippen LogP contribution in [0.5, 0.6) is 0 Å². The Bertz CT molecular complexity index is 844. The summed E-state index contributed by atoms with van der Waals surface area (Å²) in [6.07, 6.45) is 5.04. The van der Waals surface area contributed by atoms with Gasteiger partial charge in [-0.15, -0.1) is 0 Å². The number of hydrogen-bond donors (Lipinski definition) is 2. The Hall–Kier alpha value is -3.29. The van der Waals surface area contributed by atoms with Crippen molar-refractivity contribution >= 4 is 11.9 Å². The van der Waals surface area contributed by atoms with Gasteiger partial charge in [-0.3, -0.25) is 0 Å². The smallest absolute Gasteiger partial charge is 0.371 e. The van der Waals surface area contributed by atoms with Crippen molar-refractivity contribution in [3.05, 3.63) is 65.9 Å². The molecular weight excluding hydrogens is 302 g/mol. The second kappa shape index (κ2) is 5.84. The molecule has 23 heavy (non-hydrogen) atoms. The molecule has 0 unspecified atom stereocenters. The summed E-state index contributed by atoms with van der Waals surface area (Å²) in [6.45, 7) is 0.575. The summed E-state index contributed by atoms with van der Waals surface area (Å²) in [5.74, 6) is -2.04. The van der Waals surface area contributed by atoms with Crippen LogP contribution in [0.15, 0.2) is 47.4 Å². The van der Waals surface area contributed by atoms with Crippen molar-refractivity contribution in [2.24, 2.45) is 0 Å². The first-order valence-corrected chi connectivity index (χ1v) is 6.74. The zero-order valence-corrected chi connectivity index (χ0v) is 11.9. The highest BCUT2D eigenvalue weighted by molar-refractivity contribution is 5.86. The molecule has 8 nitrogen and oxygen atoms in total. The lowest BCUT2D eigenvalue weighted by Gasteiger charge is -2.10. The third kappa shape index (κ3) is 3.00. The van der Waals surface area contributed by atoms with Crippen molar-refractivity contribution in [2.75, 3.05) is 0 Å². The summed E-state index contributed by atoms with van der Waals surface area (Å²) >= 11 is 0. The number of aromatic nitrogens is 3. The average Bonchev–Trinajstić information content (AvgIpc) is 3.22. The second-order valence-electron chi connectivity index (χ2n) is 4.91. The summed E-state index contributed by atoms with van der Waals surface area (Å²) in [6, 6.07) is 6.09. The highest BCUT2D eigenvalue weighted by Crippen LogP contribution is 2.16. The Morgan fingerprint density at radius 2 is 1.91 bits per heavy atom. The topological polar surface area (TPSA) is 110 Å². The SMILES string of the molecule is O=C(O)c1ccc(Cn2c(Cn3ccnc3)ccc2C(=O)O)o1. The van der Waals surface area contributed by atoms with Gasteiger partial charge in [0.25, 0.3) is 0 Å². The van der Waals surface area contributed by atoms with Crippen LogP contribution in [0.1, 0.15) is 32.5 Å². The van der Waals surface area contributed by atoms with Gasteiger partial charge in [0.05, 0.1) is 19.4 Å². The van der Waals surface area contributed by atoms with Crippen molar-refractivity contribution in [1.82, 2.24) is 14.1 Å². The molecule has 0 spiro atoms. The maximum Gasteiger partial charge on any atom is 0.371 e. The maximum absolute atomic E-state index is 11.4. The van der Waals surface area contributed by atoms with E-state index in [1.54, 1.807) is 29.4 Å². The minimum absolute atomic E-state index is 0.105. The number of aromatic carboxylic acids is 2. The van der Waals surface area contributed by atoms with E-state index in [-0.39, 0.29) is 18.0 Å². The molecule has 0 atom stereocenters. The van der Waals surface area contributed by atoms with Crippen LogP contribution >= 0.6 is 0 Å². The molecule has 3 aromatic heterocycles. The van der Waals surface area contributed by atoms with Crippen LogP contribution in [-0.4, -0.2) is 36.3 Å². The van der Waals surface area contributed by atoms with E-state index in [1.165, 1.54) is 18.2 Å². The van der Waals surface area contributed by atoms with Gasteiger partial charge in [0.2, 0.25) is 5.76 Å². The molecule has 3 heterocycles. The van der Waals surface area contributed by atoms with Crippen LogP contribution in [-0.2, 0) is 13.1 Å². The highest BCUT2D eigenvalue weighted by Gasteiger charge is 2.17. The largest absolute Gasteiger partial charge is 0.477 e. The van der Waals surface area contributed by atoms with Crippen molar-refractivity contribution in [3.63, 3.8) is 0 Å². The Balaban J connectivity index is 1.92. The van der Waals surface area contributed by atoms with Gasteiger partial charge in [-0.05, 0) is 24.3 Å². The second-order valence-corrected chi connectivity index (χ2v) is 4.91. The molecule has 3 aromatic rings. The van der Waals surface area contributed by atoms with Gasteiger partial charge in [-0.25, -0.2) is 14.6 Å². The van der Waals surface area contributed by atoms with E-state index in [0.29, 0.717) is 12.3 Å². The third-order valence-corrected chi connectivity index (χ3v) is 3.38. The lowest BCUT2D eigenvalue weighted by atomic mass is 10.3. The monoisotopic (exact) mass is 315 g/mol. The summed E-state index contributed by atoms with van der Waals surface area (Å²) in [5.41, 5.74) is 0.849. The maximum atomic E-state index is 11.4. The van der Waals surface area contributed by atoms with Gasteiger partial charge in [0.15, 0.2) is 0 Å². The first-order chi connectivity index (χ1) is 11.0. The van der Waals surface area contributed by atoms with Crippen LogP contribution in [0.3, 0.4) is 0 Å². The van der Waals surface area contributed by atoms with E-state index < -0.39 is 11.9 Å². The number of nitrogens with zero attached hydrogens (tertiary/aromatic N) is 3. The zero-order valence-electron chi connectivity index (χ0n) is 11.9. The number of hydrogen-bond acceptors (Lipinski definition) is 4. The Morgan fingerprint density at radius 3 is 2.52 bits per heavy atom. The molecule has 118 valence electrons. The van der Waals surface area contributed by atoms with Crippen LogP contribution in [0.2, 0.25) is 0 Å². The summed E-state index contributed by atoms with van der Waals surface area (Å²) < 4.78 is 8.59. The summed E-state index contributed by atoms with van der Waals surface area (Å²) in [4.78, 5) is 26.2. The number of carboxylic acids is 2. The van der Waals surface area contributed by atoms with Gasteiger partial charge in [-0.2, -0.15) is 0 Å². The lowest BCUT2D eigenvalue weighted by Crippen LogP contribution is -2.13. The molecule has 0 aliphatic heterocycles. The lowest BCUT2D eigenvalue weighted by molar-refractivity contribution is 0.0653. The average molecular weight is 315 g/mol. The van der Waals surface area contributed by atoms with E-state index in [9.17, 15) is 14.7 Å². The van der Waals surface area contributed by atoms with E-state index >= 15 is 0 Å². The van der Waals surface area contributed by atoms with Gasteiger partial charge < -0.3 is 23.8 Å². The minimum atomic E-state index is -1.17. The summed E-state index contributed by atoms with van der Waals surface area (Å²) in [7, 11) is 0. The molecule has 0 saturated heterocycles. The van der Waals surface area contributed by atoms with Crippen molar-refractivity contribution in [2.45, 2.75) is 13.1 Å². The summed E-state index contributed by atoms with van der Waals surface area (Å²) in [5, 5.41) is 18.2. The number of rotatable bonds is 6. The van der Waals surface area contributed by atoms with E-state index in [0.717, 1.165) is 5.69 Å². The molecule has 0 bridgehead atoms. The number of carbonyl (C=O) groups is 2. The molecule has 0 aliphatic carbocycles. The van der Waals surface area contributed by atoms with Crippen LogP contribution in [0, 0.1) is 0 Å². The Kier molecular flexibility index (Phi) is 3.71. The van der Waals surface area contributed by atoms with Crippen molar-refractivity contribution in [3.8, 4) is 0 Å². The molecular formula is C15H13N3O5. The Morgan fingerprint density at radius 1 is 1.09 bits per heavy atom. The molecule has 0 saturated carbocycles. The standard InChI is InChI=1S/C15H13N3O5/c19-14(20)12-3-1-10(7-17-6-5-16-9-17)18(12)8-11-2-4-13(23-11)15(21)22/h1-6,9H,7-8H2,(H,19,20)(H,21,22). The predicted octanol–water partition coefficient (Wildman–Crippen LogP) is 1.77. The van der Waals surface area contributed by atoms with Gasteiger partial charge in [-0.1, -0.05) is 0 Å². The molecule has 2 N–H and O–H groups in total. The predicted molar refractivity (Wildman–Crippen MR) is 77.5 cm³/mol. The van der Waals surface area contributed by atoms with Gasteiger partial charge in [0, 0.05) is 18.1 Å². The quantitative estimate of drug-likeness (QED) is 0.717. The fourth-order valence-electron chi connectivity index (χ4n) is 2.32. The van der Waals surface area contributed by atoms with Crippen LogP contribution in [0.4, 0.5) is 0 Å². The molecule has 0 aliphatic rings. The minimum Gasteiger partial charge on any atom is -0.477 e. The van der Waals surface area contributed by atoms with E-state index in [2.05, 4.69) is 4.98 Å². The fraction of sp³-hybridized carbons (Fsp3) is 0.133. The van der Waals surface area contributed by atoms with E-state index in [1.807, 2.05) is 4.57 Å². The van der Waals surface area contributed by atoms with Crippen LogP contribution < -0.4 is 0 Å². The number of imidazole rings is 1. The van der Waals surface area contributed by atoms with Gasteiger partial charge in [0.1, 0.15) is 11.5 Å². The molecule has 0 aromatic carbocycles. The molecule has 0 amide bonds.